The number of carbonyl (C=O) groups excluding carboxylic acids is 14. The Bertz CT molecular complexity index is 3720. The van der Waals surface area contributed by atoms with Crippen molar-refractivity contribution in [1.29, 1.82) is 0 Å². The number of ketones is 1. The molecule has 0 saturated heterocycles. The summed E-state index contributed by atoms with van der Waals surface area (Å²) in [6.45, 7) is 21.8. The summed E-state index contributed by atoms with van der Waals surface area (Å²) >= 11 is 0.714. The van der Waals surface area contributed by atoms with Crippen molar-refractivity contribution in [3.8, 4) is 11.1 Å². The molecule has 13 N–H and O–H groups in total. The molecule has 2 aromatic carbocycles. The van der Waals surface area contributed by atoms with Crippen LogP contribution >= 0.6 is 11.8 Å². The fourth-order valence-electron chi connectivity index (χ4n) is 12.1. The second kappa shape index (κ2) is 47.1. The third kappa shape index (κ3) is 31.1. The molecule has 0 spiro atoms. The minimum Gasteiger partial charge on any atom is -0.511 e. The Morgan fingerprint density at radius 3 is 1.59 bits per heavy atom. The van der Waals surface area contributed by atoms with E-state index in [0.717, 1.165) is 43.0 Å². The molecule has 2 aliphatic rings. The first-order valence-electron chi connectivity index (χ1n) is 37.4. The number of ether oxygens (including phenoxy) is 4. The third-order valence-electron chi connectivity index (χ3n) is 18.1. The minimum atomic E-state index is -2.07. The van der Waals surface area contributed by atoms with Gasteiger partial charge in [-0.1, -0.05) is 134 Å². The van der Waals surface area contributed by atoms with Crippen LogP contribution in [0.15, 0.2) is 90.2 Å². The smallest absolute Gasteiger partial charge is 0.407 e. The number of amides is 9. The predicted octanol–water partition coefficient (Wildman–Crippen LogP) is 3.80. The Kier molecular flexibility index (Phi) is 39.6. The molecule has 33 nitrogen and oxygen atoms in total. The zero-order chi connectivity index (χ0) is 83.5. The molecule has 112 heavy (non-hydrogen) atoms. The standard InChI is InChI=1S/C78H110N10O23S/c1-13-34-109-61(95)30-28-54(83-71(101)53(27-21-22-33-79-56(37-43(5)6)65-58(91)39-78(11,12)40-59(65)92)85-77(107)111-42-52-50-25-19-17-23-48(50)49-24-18-20-26-51(49)52)70(100)81-45(8)69(99)82-55(29-31-62(96)110-35-14-2)72(102)84-57(38-60(93)94)73(103)86-66(44(7)15-3)75(105)88-68(47(10)90)76(106)87-67(46(9)89)74(104)80-41-64(98)112-36-32-63(97)108-16-4/h13-14,17-20,23-26,43-47,52-55,57,66-68,89-91H,1-2,15-16,21-22,27-42H2,3-12H3,(H,80,104)(H,81,100)(H,82,99)(H,83,101)(H,84,102)(H,85,107)(H,86,103)(H,87,106)(H,88,105)(H,93,94)/t44?,45-,46?,47?,53-,54-,55-,57-,66-,67-,68-/m0/s1. The maximum absolute atomic E-state index is 14.7. The van der Waals surface area contributed by atoms with Gasteiger partial charge in [0.2, 0.25) is 52.4 Å². The van der Waals surface area contributed by atoms with E-state index in [2.05, 4.69) is 61.0 Å². The van der Waals surface area contributed by atoms with Gasteiger partial charge in [-0.15, -0.1) is 0 Å². The summed E-state index contributed by atoms with van der Waals surface area (Å²) < 4.78 is 20.9. The number of aliphatic carboxylic acids is 1. The number of hydrogen-bond acceptors (Lipinski definition) is 24. The number of Topliss-reactive ketones (excluding diaryl/α,β-unsaturated/α-hetero) is 1. The number of aliphatic hydroxyl groups excluding tert-OH is 3. The van der Waals surface area contributed by atoms with Crippen LogP contribution in [0.5, 0.6) is 0 Å². The van der Waals surface area contributed by atoms with Crippen molar-refractivity contribution in [3.63, 3.8) is 0 Å². The average molecular weight is 1590 g/mol. The lowest BCUT2D eigenvalue weighted by molar-refractivity contribution is -0.144. The highest BCUT2D eigenvalue weighted by molar-refractivity contribution is 8.13. The highest BCUT2D eigenvalue weighted by Crippen LogP contribution is 2.44. The summed E-state index contributed by atoms with van der Waals surface area (Å²) in [4.78, 5) is 208. The number of unbranched alkanes of at least 4 members (excludes halogenated alkanes) is 1. The Morgan fingerprint density at radius 1 is 0.580 bits per heavy atom. The monoisotopic (exact) mass is 1590 g/mol. The highest BCUT2D eigenvalue weighted by Gasteiger charge is 2.40. The molecule has 0 saturated carbocycles. The van der Waals surface area contributed by atoms with E-state index in [1.807, 2.05) is 76.2 Å². The van der Waals surface area contributed by atoms with Gasteiger partial charge < -0.3 is 87.2 Å². The molecule has 616 valence electrons. The summed E-state index contributed by atoms with van der Waals surface area (Å²) in [7, 11) is 0. The van der Waals surface area contributed by atoms with Gasteiger partial charge in [-0.05, 0) is 106 Å². The van der Waals surface area contributed by atoms with Gasteiger partial charge in [-0.3, -0.25) is 72.1 Å². The van der Waals surface area contributed by atoms with E-state index >= 15 is 0 Å². The van der Waals surface area contributed by atoms with Crippen molar-refractivity contribution in [2.45, 2.75) is 219 Å². The Labute approximate surface area is 656 Å². The van der Waals surface area contributed by atoms with E-state index in [1.165, 1.54) is 19.1 Å². The van der Waals surface area contributed by atoms with E-state index in [0.29, 0.717) is 30.3 Å². The number of nitrogens with one attached hydrogen (secondary N) is 9. The number of alkyl carbamates (subject to hydrolysis) is 1. The molecule has 34 heteroatoms. The lowest BCUT2D eigenvalue weighted by atomic mass is 9.75. The molecule has 0 aliphatic heterocycles. The molecule has 0 radical (unpaired) electrons. The van der Waals surface area contributed by atoms with Gasteiger partial charge in [0.25, 0.3) is 0 Å². The highest BCUT2D eigenvalue weighted by atomic mass is 32.2. The largest absolute Gasteiger partial charge is 0.511 e. The number of allylic oxidation sites excluding steroid dienone is 2. The normalized spacial score (nSPS) is 16.0. The van der Waals surface area contributed by atoms with E-state index in [9.17, 15) is 92.3 Å². The van der Waals surface area contributed by atoms with Gasteiger partial charge in [0, 0.05) is 49.6 Å². The molecule has 9 amide bonds. The van der Waals surface area contributed by atoms with Crippen LogP contribution in [0.4, 0.5) is 4.79 Å². The number of carbonyl (C=O) groups is 15. The molecule has 2 aliphatic carbocycles. The van der Waals surface area contributed by atoms with Gasteiger partial charge in [-0.2, -0.15) is 0 Å². The van der Waals surface area contributed by atoms with Crippen LogP contribution in [-0.2, 0) is 86.1 Å². The Hall–Kier alpha value is -10.3. The first-order chi connectivity index (χ1) is 52.9. The number of carboxylic acid groups (broad SMARTS) is 1. The fourth-order valence-corrected chi connectivity index (χ4v) is 12.8. The van der Waals surface area contributed by atoms with Crippen molar-refractivity contribution in [1.82, 2.24) is 47.9 Å². The first-order valence-corrected chi connectivity index (χ1v) is 38.4. The van der Waals surface area contributed by atoms with Gasteiger partial charge >= 0.3 is 30.0 Å². The number of carboxylic acids is 1. The van der Waals surface area contributed by atoms with Gasteiger partial charge in [0.1, 0.15) is 73.9 Å². The van der Waals surface area contributed by atoms with Crippen LogP contribution in [0, 0.1) is 17.3 Å². The lowest BCUT2D eigenvalue weighted by Gasteiger charge is -2.30. The number of fused-ring (bicyclic) bond motifs is 3. The van der Waals surface area contributed by atoms with E-state index < -0.39 is 193 Å². The minimum absolute atomic E-state index is 0.0326. The second-order valence-corrected chi connectivity index (χ2v) is 29.7. The molecule has 0 fully saturated rings. The maximum atomic E-state index is 14.7. The molecule has 11 atom stereocenters. The molecule has 0 heterocycles. The zero-order valence-corrected chi connectivity index (χ0v) is 66.1. The van der Waals surface area contributed by atoms with Gasteiger partial charge in [0.15, 0.2) is 5.78 Å². The topological polar surface area (TPSA) is 495 Å². The molecule has 3 unspecified atom stereocenters. The van der Waals surface area contributed by atoms with Crippen LogP contribution in [0.3, 0.4) is 0 Å². The van der Waals surface area contributed by atoms with Crippen LogP contribution in [0.1, 0.15) is 170 Å². The number of thioether (sulfide) groups is 1. The molecule has 0 aromatic heterocycles. The summed E-state index contributed by atoms with van der Waals surface area (Å²) in [6, 6.07) is 1.24. The fraction of sp³-hybridized carbons (Fsp3) is 0.564. The molecule has 4 rings (SSSR count). The van der Waals surface area contributed by atoms with Crippen molar-refractivity contribution < 1.29 is 111 Å². The van der Waals surface area contributed by atoms with Crippen LogP contribution in [-0.4, -0.2) is 220 Å². The predicted molar refractivity (Wildman–Crippen MR) is 412 cm³/mol. The maximum Gasteiger partial charge on any atom is 0.407 e. The Morgan fingerprint density at radius 2 is 1.07 bits per heavy atom. The van der Waals surface area contributed by atoms with Crippen molar-refractivity contribution in [2.75, 3.05) is 45.3 Å². The summed E-state index contributed by atoms with van der Waals surface area (Å²) in [5, 5.41) is 63.4. The number of aliphatic hydroxyl groups is 3. The van der Waals surface area contributed by atoms with Crippen LogP contribution in [0.2, 0.25) is 0 Å². The van der Waals surface area contributed by atoms with E-state index in [-0.39, 0.29) is 106 Å². The number of esters is 3. The summed E-state index contributed by atoms with van der Waals surface area (Å²) in [5.41, 5.74) is 3.90. The summed E-state index contributed by atoms with van der Waals surface area (Å²) in [6.07, 6.45) is -3.85. The average Bonchev–Trinajstić information content (AvgIpc) is 1.62. The number of rotatable bonds is 48. The summed E-state index contributed by atoms with van der Waals surface area (Å²) in [5.74, 6) is -14.5. The molecular weight excluding hydrogens is 1480 g/mol. The van der Waals surface area contributed by atoms with Crippen LogP contribution in [0.25, 0.3) is 11.1 Å². The lowest BCUT2D eigenvalue weighted by Crippen LogP contribution is -2.63. The van der Waals surface area contributed by atoms with E-state index in [4.69, 9.17) is 23.9 Å². The number of aliphatic imine (C=N–C) groups is 1. The first kappa shape index (κ1) is 94.0. The SMILES string of the molecule is C=CCOC(=O)CC[C@H](NC(=O)[C@H](C)NC(=O)[C@H](CCC(=O)OCC=C)NC(=O)[C@H](CCCCN=C(CC(C)C)C1=C(O)CC(C)(C)CC1=O)NC(=O)OCC1c2ccccc2-c2ccccc21)C(=O)N[C@@H](CC(=O)O)C(=O)N[C@H](C(=O)N[C@H](C(=O)N[C@H](C(=O)NCC(=O)SCCC(=O)OCC)C(C)O)C(C)O)C(C)CC. The van der Waals surface area contributed by atoms with Crippen molar-refractivity contribution >= 4 is 106 Å². The number of benzene rings is 2. The quantitative estimate of drug-likeness (QED) is 0.0147. The van der Waals surface area contributed by atoms with Gasteiger partial charge in [0.05, 0.1) is 43.8 Å². The van der Waals surface area contributed by atoms with Crippen molar-refractivity contribution in [2.24, 2.45) is 22.2 Å². The molecule has 2 aromatic rings. The van der Waals surface area contributed by atoms with Crippen LogP contribution < -0.4 is 47.9 Å². The Balaban J connectivity index is 1.60. The third-order valence-corrected chi connectivity index (χ3v) is 19.0. The number of hydrogen-bond donors (Lipinski definition) is 13. The molecular formula is C78H110N10O23S. The van der Waals surface area contributed by atoms with E-state index in [1.54, 1.807) is 13.8 Å². The molecule has 0 bridgehead atoms. The van der Waals surface area contributed by atoms with Crippen molar-refractivity contribution in [3.05, 3.63) is 96.3 Å². The number of nitrogens with zero attached hydrogens (tertiary/aromatic N) is 1. The zero-order valence-electron chi connectivity index (χ0n) is 65.2. The van der Waals surface area contributed by atoms with Gasteiger partial charge in [-0.25, -0.2) is 4.79 Å². The second-order valence-electron chi connectivity index (χ2n) is 28.6.